The Morgan fingerprint density at radius 2 is 1.64 bits per heavy atom. The van der Waals surface area contributed by atoms with Gasteiger partial charge in [0.25, 0.3) is 11.5 Å². The van der Waals surface area contributed by atoms with Crippen molar-refractivity contribution >= 4 is 56.7 Å². The first-order valence-corrected chi connectivity index (χ1v) is 24.0. The second-order valence-corrected chi connectivity index (χ2v) is 19.0. The number of amides is 3. The fraction of sp³-hybridized carbons (Fsp3) is 0.333. The number of rotatable bonds is 11. The Morgan fingerprint density at radius 1 is 0.857 bits per heavy atom. The number of fused-ring (bicyclic) bond motifs is 2. The zero-order valence-corrected chi connectivity index (χ0v) is 40.2. The molecular formula is C54H57FN10O5. The summed E-state index contributed by atoms with van der Waals surface area (Å²) < 4.78 is 22.9. The number of hydrogen-bond acceptors (Lipinski definition) is 9. The monoisotopic (exact) mass is 944 g/mol. The number of benzene rings is 3. The number of imidazole rings is 1. The van der Waals surface area contributed by atoms with Gasteiger partial charge in [-0.25, -0.2) is 14.2 Å². The van der Waals surface area contributed by atoms with Crippen molar-refractivity contribution in [3.05, 3.63) is 157 Å². The molecule has 2 N–H and O–H groups in total. The van der Waals surface area contributed by atoms with Crippen LogP contribution >= 0.6 is 0 Å². The van der Waals surface area contributed by atoms with E-state index in [-0.39, 0.29) is 29.5 Å². The van der Waals surface area contributed by atoms with Crippen molar-refractivity contribution in [1.29, 1.82) is 0 Å². The second-order valence-electron chi connectivity index (χ2n) is 19.0. The molecule has 0 aliphatic carbocycles. The smallest absolute Gasteiger partial charge is 0.329 e. The van der Waals surface area contributed by atoms with Crippen LogP contribution in [0.1, 0.15) is 82.4 Å². The van der Waals surface area contributed by atoms with Gasteiger partial charge in [-0.2, -0.15) is 0 Å². The summed E-state index contributed by atoms with van der Waals surface area (Å²) in [7, 11) is 7.21. The van der Waals surface area contributed by atoms with Crippen molar-refractivity contribution in [2.24, 2.45) is 14.1 Å². The van der Waals surface area contributed by atoms with Crippen LogP contribution in [-0.2, 0) is 36.8 Å². The van der Waals surface area contributed by atoms with Crippen LogP contribution < -0.4 is 26.8 Å². The van der Waals surface area contributed by atoms with Crippen molar-refractivity contribution in [3.63, 3.8) is 0 Å². The minimum Gasteiger partial charge on any atom is -0.388 e. The van der Waals surface area contributed by atoms with Gasteiger partial charge in [0.15, 0.2) is 0 Å². The first kappa shape index (κ1) is 46.3. The summed E-state index contributed by atoms with van der Waals surface area (Å²) in [6.45, 7) is 6.41. The molecular weight excluding hydrogens is 888 g/mol. The molecule has 70 heavy (non-hydrogen) atoms. The maximum Gasteiger partial charge on any atom is 0.329 e. The molecule has 10 rings (SSSR count). The Bertz CT molecular complexity index is 3350. The van der Waals surface area contributed by atoms with Crippen LogP contribution in [0.3, 0.4) is 0 Å². The standard InChI is InChI=1S/C54H57FN10O5/c1-33-26-38(28-43(55)50(33)37-17-23-63(24-18-37)32-41-30-42-44(14-20-57-51(42)59(41)3)64-25-19-39(56-2)29-49(64)67)53(69)60(4)40-9-7-35(8-10-40)36-15-21-62(22-16-36)31-34-6-11-45-47(27-34)61(5)54(70)65(45)46-12-13-48(66)58-52(46)68/h6-11,14,17,19-20,25-30,36,46,56H,12-13,15-16,18,21-24,31-32H2,1-5H3,(H,58,66,68). The summed E-state index contributed by atoms with van der Waals surface area (Å²) in [6.07, 6.45) is 8.68. The first-order valence-electron chi connectivity index (χ1n) is 24.0. The molecule has 3 aromatic carbocycles. The van der Waals surface area contributed by atoms with Crippen LogP contribution in [0.15, 0.2) is 107 Å². The van der Waals surface area contributed by atoms with E-state index in [2.05, 4.69) is 54.3 Å². The minimum absolute atomic E-state index is 0.133. The van der Waals surface area contributed by atoms with E-state index < -0.39 is 17.8 Å². The Morgan fingerprint density at radius 3 is 2.34 bits per heavy atom. The number of aromatic nitrogens is 5. The number of nitrogens with zero attached hydrogens (tertiary/aromatic N) is 8. The lowest BCUT2D eigenvalue weighted by Crippen LogP contribution is -2.44. The van der Waals surface area contributed by atoms with E-state index in [0.717, 1.165) is 95.0 Å². The van der Waals surface area contributed by atoms with Crippen LogP contribution in [0.5, 0.6) is 0 Å². The van der Waals surface area contributed by atoms with Crippen molar-refractivity contribution < 1.29 is 18.8 Å². The molecule has 3 aliphatic heterocycles. The van der Waals surface area contributed by atoms with Crippen LogP contribution in [-0.4, -0.2) is 91.0 Å². The molecule has 16 heteroatoms. The van der Waals surface area contributed by atoms with E-state index in [0.29, 0.717) is 48.5 Å². The number of halogens is 1. The minimum atomic E-state index is -0.714. The Kier molecular flexibility index (Phi) is 12.4. The topological polar surface area (TPSA) is 152 Å². The van der Waals surface area contributed by atoms with Gasteiger partial charge in [-0.3, -0.25) is 48.0 Å². The molecule has 0 radical (unpaired) electrons. The Balaban J connectivity index is 0.745. The molecule has 4 aromatic heterocycles. The highest BCUT2D eigenvalue weighted by atomic mass is 19.1. The average Bonchev–Trinajstić information content (AvgIpc) is 3.81. The lowest BCUT2D eigenvalue weighted by atomic mass is 9.89. The van der Waals surface area contributed by atoms with E-state index in [1.807, 2.05) is 56.4 Å². The molecule has 2 saturated heterocycles. The Labute approximate surface area is 404 Å². The average molecular weight is 945 g/mol. The van der Waals surface area contributed by atoms with Gasteiger partial charge >= 0.3 is 5.69 Å². The highest BCUT2D eigenvalue weighted by Crippen LogP contribution is 2.34. The fourth-order valence-electron chi connectivity index (χ4n) is 10.7. The summed E-state index contributed by atoms with van der Waals surface area (Å²) in [5.74, 6) is -1.07. The number of carbonyl (C=O) groups excluding carboxylic acids is 3. The zero-order chi connectivity index (χ0) is 49.0. The number of piperidine rings is 2. The summed E-state index contributed by atoms with van der Waals surface area (Å²) in [5, 5.41) is 6.27. The molecule has 1 atom stereocenters. The van der Waals surface area contributed by atoms with Gasteiger partial charge in [0.1, 0.15) is 17.5 Å². The summed E-state index contributed by atoms with van der Waals surface area (Å²) in [5.41, 5.74) is 9.92. The third-order valence-corrected chi connectivity index (χ3v) is 14.7. The van der Waals surface area contributed by atoms with Gasteiger partial charge < -0.3 is 14.8 Å². The third-order valence-electron chi connectivity index (χ3n) is 14.7. The maximum absolute atomic E-state index is 16.1. The van der Waals surface area contributed by atoms with Crippen LogP contribution in [0.4, 0.5) is 15.8 Å². The molecule has 15 nitrogen and oxygen atoms in total. The van der Waals surface area contributed by atoms with E-state index in [1.54, 1.807) is 59.7 Å². The van der Waals surface area contributed by atoms with Crippen LogP contribution in [0.25, 0.3) is 33.3 Å². The molecule has 7 heterocycles. The summed E-state index contributed by atoms with van der Waals surface area (Å²) >= 11 is 0. The molecule has 3 amide bonds. The number of nitrogens with one attached hydrogen (secondary N) is 2. The third kappa shape index (κ3) is 8.66. The number of aryl methyl sites for hydroxylation is 3. The van der Waals surface area contributed by atoms with Crippen LogP contribution in [0, 0.1) is 12.7 Å². The maximum atomic E-state index is 16.1. The quantitative estimate of drug-likeness (QED) is 0.134. The molecule has 360 valence electrons. The predicted octanol–water partition coefficient (Wildman–Crippen LogP) is 6.79. The van der Waals surface area contributed by atoms with E-state index in [9.17, 15) is 24.0 Å². The fourth-order valence-corrected chi connectivity index (χ4v) is 10.7. The van der Waals surface area contributed by atoms with E-state index >= 15 is 4.39 Å². The molecule has 1 unspecified atom stereocenters. The van der Waals surface area contributed by atoms with Gasteiger partial charge in [0.05, 0.1) is 16.7 Å². The molecule has 0 bridgehead atoms. The molecule has 2 fully saturated rings. The van der Waals surface area contributed by atoms with E-state index in [4.69, 9.17) is 0 Å². The molecule has 0 spiro atoms. The van der Waals surface area contributed by atoms with Crippen molar-refractivity contribution in [1.82, 2.24) is 38.4 Å². The molecule has 7 aromatic rings. The summed E-state index contributed by atoms with van der Waals surface area (Å²) in [4.78, 5) is 75.3. The predicted molar refractivity (Wildman–Crippen MR) is 270 cm³/mol. The highest BCUT2D eigenvalue weighted by Gasteiger charge is 2.32. The lowest BCUT2D eigenvalue weighted by molar-refractivity contribution is -0.135. The molecule has 3 aliphatic rings. The SMILES string of the molecule is CNc1ccn(-c2ccnc3c2cc(CN2CC=C(c4c(C)cc(C(=O)N(C)c5ccc(C6CCN(Cc7ccc8c(c7)n(C)c(=O)n8C7CCC(=O)NC7=O)CC6)cc5)cc4F)CC2)n3C)c(=O)c1. The van der Waals surface area contributed by atoms with Crippen molar-refractivity contribution in [2.75, 3.05) is 50.5 Å². The van der Waals surface area contributed by atoms with Crippen LogP contribution in [0.2, 0.25) is 0 Å². The second kappa shape index (κ2) is 18.8. The number of hydrogen-bond donors (Lipinski definition) is 2. The van der Waals surface area contributed by atoms with Crippen molar-refractivity contribution in [2.45, 2.75) is 64.1 Å². The molecule has 0 saturated carbocycles. The number of anilines is 2. The van der Waals surface area contributed by atoms with Crippen molar-refractivity contribution in [3.8, 4) is 5.69 Å². The first-order chi connectivity index (χ1) is 33.8. The lowest BCUT2D eigenvalue weighted by Gasteiger charge is -2.32. The largest absolute Gasteiger partial charge is 0.388 e. The van der Waals surface area contributed by atoms with Gasteiger partial charge in [0.2, 0.25) is 11.8 Å². The highest BCUT2D eigenvalue weighted by molar-refractivity contribution is 6.06. The number of likely N-dealkylation sites (tertiary alicyclic amines) is 1. The van der Waals surface area contributed by atoms with E-state index in [1.165, 1.54) is 16.2 Å². The van der Waals surface area contributed by atoms with Gasteiger partial charge in [-0.1, -0.05) is 24.3 Å². The number of imide groups is 1. The number of carbonyl (C=O) groups is 3. The van der Waals surface area contributed by atoms with Gasteiger partial charge in [0, 0.05) is 113 Å². The summed E-state index contributed by atoms with van der Waals surface area (Å²) in [6, 6.07) is 23.9. The normalized spacial score (nSPS) is 17.3. The zero-order valence-electron chi connectivity index (χ0n) is 40.2. The Hall–Kier alpha value is -7.43. The van der Waals surface area contributed by atoms with Gasteiger partial charge in [-0.15, -0.1) is 0 Å². The van der Waals surface area contributed by atoms with Gasteiger partial charge in [-0.05, 0) is 128 Å². The number of pyridine rings is 2.